The summed E-state index contributed by atoms with van der Waals surface area (Å²) >= 11 is 26.5. The number of benzene rings is 2. The number of carboxylic acid groups (broad SMARTS) is 2. The summed E-state index contributed by atoms with van der Waals surface area (Å²) in [5, 5.41) is 20.6. The second-order valence-corrected chi connectivity index (χ2v) is 16.3. The van der Waals surface area contributed by atoms with Gasteiger partial charge in [-0.15, -0.1) is 0 Å². The highest BCUT2D eigenvalue weighted by Gasteiger charge is 2.32. The summed E-state index contributed by atoms with van der Waals surface area (Å²) in [6, 6.07) is 7.74. The van der Waals surface area contributed by atoms with Crippen LogP contribution >= 0.6 is 46.4 Å². The normalized spacial score (nSPS) is 12.5. The number of allylic oxidation sites excluding steroid dienone is 1. The Hall–Kier alpha value is -2.87. The molecule has 0 radical (unpaired) electrons. The van der Waals surface area contributed by atoms with Gasteiger partial charge in [-0.2, -0.15) is 0 Å². The highest BCUT2D eigenvalue weighted by atomic mass is 35.5. The fourth-order valence-electron chi connectivity index (χ4n) is 7.47. The Balaban J connectivity index is 1.77. The number of hydrogen-bond acceptors (Lipinski definition) is 4. The van der Waals surface area contributed by atoms with Gasteiger partial charge in [-0.05, 0) is 63.2 Å². The molecule has 0 unspecified atom stereocenters. The van der Waals surface area contributed by atoms with Crippen LogP contribution in [0.3, 0.4) is 0 Å². The van der Waals surface area contributed by atoms with Gasteiger partial charge in [0.25, 0.3) is 5.82 Å². The first-order valence-electron chi connectivity index (χ1n) is 20.4. The lowest BCUT2D eigenvalue weighted by molar-refractivity contribution is -0.679. The molecule has 8 nitrogen and oxygen atoms in total. The van der Waals surface area contributed by atoms with Crippen molar-refractivity contribution in [3.63, 3.8) is 0 Å². The van der Waals surface area contributed by atoms with Crippen LogP contribution in [0.25, 0.3) is 11.0 Å². The third kappa shape index (κ3) is 13.1. The molecular formula is C43H59Cl4N4O4+. The van der Waals surface area contributed by atoms with Gasteiger partial charge in [0.2, 0.25) is 0 Å². The van der Waals surface area contributed by atoms with E-state index < -0.39 is 11.9 Å². The monoisotopic (exact) mass is 835 g/mol. The molecule has 3 aromatic rings. The quantitative estimate of drug-likeness (QED) is 0.0475. The molecule has 55 heavy (non-hydrogen) atoms. The summed E-state index contributed by atoms with van der Waals surface area (Å²) < 4.78 is 4.64. The highest BCUT2D eigenvalue weighted by Crippen LogP contribution is 2.45. The van der Waals surface area contributed by atoms with Crippen LogP contribution in [0.5, 0.6) is 0 Å². The van der Waals surface area contributed by atoms with Crippen molar-refractivity contribution in [1.29, 1.82) is 0 Å². The molecule has 2 aromatic carbocycles. The maximum atomic E-state index is 11.4. The molecule has 1 aliphatic rings. The van der Waals surface area contributed by atoms with Crippen LogP contribution in [0.2, 0.25) is 20.1 Å². The molecule has 0 amide bonds. The van der Waals surface area contributed by atoms with Gasteiger partial charge < -0.3 is 20.0 Å². The number of halogens is 4. The van der Waals surface area contributed by atoms with E-state index in [4.69, 9.17) is 46.4 Å². The van der Waals surface area contributed by atoms with Gasteiger partial charge in [0.15, 0.2) is 16.9 Å². The van der Waals surface area contributed by atoms with Gasteiger partial charge in [0.1, 0.15) is 0 Å². The summed E-state index contributed by atoms with van der Waals surface area (Å²) in [6.45, 7) is 7.33. The minimum absolute atomic E-state index is 0.113. The van der Waals surface area contributed by atoms with Crippen molar-refractivity contribution in [3.8, 4) is 0 Å². The average molecular weight is 838 g/mol. The number of aliphatic carboxylic acids is 2. The number of aromatic nitrogens is 2. The number of imidazole rings is 1. The van der Waals surface area contributed by atoms with E-state index in [9.17, 15) is 19.8 Å². The van der Waals surface area contributed by atoms with Crippen LogP contribution in [0.1, 0.15) is 135 Å². The van der Waals surface area contributed by atoms with E-state index >= 15 is 0 Å². The Morgan fingerprint density at radius 1 is 0.636 bits per heavy atom. The van der Waals surface area contributed by atoms with Crippen LogP contribution in [0, 0.1) is 0 Å². The number of carboxylic acids is 2. The predicted octanol–water partition coefficient (Wildman–Crippen LogP) is 12.6. The topological polar surface area (TPSA) is 89.9 Å². The van der Waals surface area contributed by atoms with Gasteiger partial charge in [0.05, 0.1) is 51.0 Å². The SMILES string of the molecule is CCCCCCCCN1C(=C=CCc2n(CCCCC(=O)O)c3cc(Cl)c(Cl)cc3[n+]2CCCCCCCC)N(CCCCC(=O)O)c2cc(Cl)c(Cl)cc21. The average Bonchev–Trinajstić information content (AvgIpc) is 3.57. The number of nitrogens with zero attached hydrogens (tertiary/aromatic N) is 4. The number of fused-ring (bicyclic) bond motifs is 2. The number of hydrogen-bond donors (Lipinski definition) is 2. The van der Waals surface area contributed by atoms with E-state index in [0.717, 1.165) is 72.8 Å². The van der Waals surface area contributed by atoms with Gasteiger partial charge in [0, 0.05) is 38.1 Å². The molecule has 4 rings (SSSR count). The third-order valence-electron chi connectivity index (χ3n) is 10.4. The number of anilines is 2. The number of carbonyl (C=O) groups is 2. The molecule has 0 aliphatic carbocycles. The van der Waals surface area contributed by atoms with Crippen LogP contribution in [0.15, 0.2) is 41.9 Å². The molecule has 2 heterocycles. The predicted molar refractivity (Wildman–Crippen MR) is 228 cm³/mol. The smallest absolute Gasteiger partial charge is 0.303 e. The zero-order valence-corrected chi connectivity index (χ0v) is 35.7. The highest BCUT2D eigenvalue weighted by molar-refractivity contribution is 6.43. The van der Waals surface area contributed by atoms with Gasteiger partial charge in [-0.3, -0.25) is 9.59 Å². The Labute approximate surface area is 347 Å². The number of aryl methyl sites for hydroxylation is 2. The van der Waals surface area contributed by atoms with E-state index in [1.807, 2.05) is 24.3 Å². The first kappa shape index (κ1) is 44.8. The first-order chi connectivity index (χ1) is 26.6. The number of rotatable bonds is 26. The van der Waals surface area contributed by atoms with E-state index in [-0.39, 0.29) is 12.8 Å². The molecule has 12 heteroatoms. The molecule has 302 valence electrons. The van der Waals surface area contributed by atoms with Gasteiger partial charge in [-0.1, -0.05) is 124 Å². The van der Waals surface area contributed by atoms with Crippen molar-refractivity contribution >= 4 is 80.8 Å². The van der Waals surface area contributed by atoms with Crippen LogP contribution in [-0.4, -0.2) is 39.8 Å². The molecule has 0 saturated carbocycles. The molecule has 0 bridgehead atoms. The summed E-state index contributed by atoms with van der Waals surface area (Å²) in [7, 11) is 0. The Kier molecular flexibility index (Phi) is 19.1. The summed E-state index contributed by atoms with van der Waals surface area (Å²) in [5.74, 6) is 0.391. The molecular weight excluding hydrogens is 778 g/mol. The summed E-state index contributed by atoms with van der Waals surface area (Å²) in [4.78, 5) is 27.2. The van der Waals surface area contributed by atoms with Gasteiger partial charge in [-0.25, -0.2) is 9.13 Å². The third-order valence-corrected chi connectivity index (χ3v) is 11.8. The lowest BCUT2D eigenvalue weighted by Crippen LogP contribution is -2.38. The zero-order chi connectivity index (χ0) is 39.7. The Morgan fingerprint density at radius 3 is 1.67 bits per heavy atom. The summed E-state index contributed by atoms with van der Waals surface area (Å²) in [5.41, 5.74) is 7.62. The second kappa shape index (κ2) is 23.4. The fourth-order valence-corrected chi connectivity index (χ4v) is 8.10. The molecule has 1 aliphatic heterocycles. The van der Waals surface area contributed by atoms with E-state index in [1.54, 1.807) is 0 Å². The number of unbranched alkanes of at least 4 members (excludes halogenated alkanes) is 12. The lowest BCUT2D eigenvalue weighted by Gasteiger charge is -2.24. The maximum absolute atomic E-state index is 11.4. The van der Waals surface area contributed by atoms with E-state index in [2.05, 4.69) is 44.6 Å². The van der Waals surface area contributed by atoms with Crippen LogP contribution in [0.4, 0.5) is 11.4 Å². The second-order valence-electron chi connectivity index (χ2n) is 14.6. The summed E-state index contributed by atoms with van der Waals surface area (Å²) in [6.07, 6.45) is 19.4. The Bertz CT molecular complexity index is 1800. The van der Waals surface area contributed by atoms with Crippen molar-refractivity contribution in [2.75, 3.05) is 22.9 Å². The maximum Gasteiger partial charge on any atom is 0.303 e. The minimum Gasteiger partial charge on any atom is -0.481 e. The molecule has 0 saturated heterocycles. The Morgan fingerprint density at radius 2 is 1.11 bits per heavy atom. The van der Waals surface area contributed by atoms with Crippen molar-refractivity contribution in [3.05, 3.63) is 67.8 Å². The van der Waals surface area contributed by atoms with E-state index in [0.29, 0.717) is 65.3 Å². The standard InChI is InChI=1S/C43H58Cl4N4O4/c1-3-5-7-9-11-15-24-48-36-28-32(44)34(46)30-38(36)50(26-17-13-22-42(52)53)40(48)20-19-21-41-49(25-16-12-10-8-6-4-2)37-29-33(45)35(47)31-39(37)51(41)27-18-14-23-43(54)55/h19,28-31H,3-18,20,22-27H2,1-2H3,(H-,52,53,54,55)/p+1. The minimum atomic E-state index is -0.799. The van der Waals surface area contributed by atoms with Crippen LogP contribution < -0.4 is 14.4 Å². The van der Waals surface area contributed by atoms with Crippen LogP contribution in [-0.2, 0) is 29.1 Å². The zero-order valence-electron chi connectivity index (χ0n) is 32.7. The molecule has 0 fully saturated rings. The molecule has 2 N–H and O–H groups in total. The largest absolute Gasteiger partial charge is 0.481 e. The van der Waals surface area contributed by atoms with E-state index in [1.165, 1.54) is 51.4 Å². The molecule has 1 aromatic heterocycles. The first-order valence-corrected chi connectivity index (χ1v) is 21.9. The van der Waals surface area contributed by atoms with Crippen molar-refractivity contribution in [2.45, 2.75) is 149 Å². The van der Waals surface area contributed by atoms with Crippen molar-refractivity contribution in [2.24, 2.45) is 0 Å². The fraction of sp³-hybridized carbons (Fsp3) is 0.581. The lowest BCUT2D eigenvalue weighted by atomic mass is 10.1. The molecule has 0 spiro atoms. The van der Waals surface area contributed by atoms with Crippen molar-refractivity contribution < 1.29 is 24.4 Å². The van der Waals surface area contributed by atoms with Crippen molar-refractivity contribution in [1.82, 2.24) is 4.57 Å². The molecule has 0 atom stereocenters. The van der Waals surface area contributed by atoms with Gasteiger partial charge >= 0.3 is 11.9 Å².